The van der Waals surface area contributed by atoms with Crippen molar-refractivity contribution >= 4 is 30.0 Å². The Morgan fingerprint density at radius 1 is 0.481 bits per heavy atom. The number of nitrogens with one attached hydrogen (secondary N) is 3. The molecule has 4 rings (SSSR count). The minimum Gasteiger partial charge on any atom is -0.461 e. The van der Waals surface area contributed by atoms with Crippen molar-refractivity contribution in [3.05, 3.63) is 144 Å². The Hall–Kier alpha value is -6.17. The second-order valence-electron chi connectivity index (χ2n) is 11.7. The summed E-state index contributed by atoms with van der Waals surface area (Å²) in [7, 11) is 0. The quantitative estimate of drug-likeness (QED) is 0.0627. The van der Waals surface area contributed by atoms with E-state index in [-0.39, 0.29) is 39.4 Å². The van der Waals surface area contributed by atoms with Gasteiger partial charge in [-0.2, -0.15) is 0 Å². The van der Waals surface area contributed by atoms with Crippen molar-refractivity contribution in [2.24, 2.45) is 0 Å². The van der Waals surface area contributed by atoms with Crippen LogP contribution in [0.25, 0.3) is 0 Å². The SMILES string of the molecule is O=C(C[C@@H](NC(=O)[C@H](CCCCNC(=O)OCc1ccccc1)NC(=O)OCc1ccccc1)C(=O)OCc1ccccc1)OCc1ccccc1. The number of hydrogen-bond acceptors (Lipinski definition) is 9. The summed E-state index contributed by atoms with van der Waals surface area (Å²) in [6.07, 6.45) is -0.991. The standard InChI is InChI=1S/C40H43N3O9/c44-36(49-26-30-15-5-1-6-16-30)25-35(38(46)50-27-31-17-7-2-8-18-31)42-37(45)34(43-40(48)52-29-33-21-11-4-12-22-33)23-13-14-24-41-39(47)51-28-32-19-9-3-10-20-32/h1-12,15-22,34-35H,13-14,23-29H2,(H,41,47)(H,42,45)(H,43,48)/t34-,35+/m0/s1. The normalized spacial score (nSPS) is 11.6. The molecule has 0 aliphatic rings. The molecule has 0 saturated heterocycles. The molecule has 0 unspecified atom stereocenters. The first-order chi connectivity index (χ1) is 25.4. The van der Waals surface area contributed by atoms with E-state index in [9.17, 15) is 24.0 Å². The third-order valence-electron chi connectivity index (χ3n) is 7.66. The smallest absolute Gasteiger partial charge is 0.408 e. The monoisotopic (exact) mass is 709 g/mol. The lowest BCUT2D eigenvalue weighted by atomic mass is 10.1. The molecule has 52 heavy (non-hydrogen) atoms. The zero-order valence-electron chi connectivity index (χ0n) is 28.7. The predicted molar refractivity (Wildman–Crippen MR) is 191 cm³/mol. The molecule has 0 fully saturated rings. The molecular weight excluding hydrogens is 666 g/mol. The molecule has 3 amide bonds. The van der Waals surface area contributed by atoms with Crippen LogP contribution >= 0.6 is 0 Å². The van der Waals surface area contributed by atoms with Crippen molar-refractivity contribution in [2.45, 2.75) is 64.2 Å². The van der Waals surface area contributed by atoms with Crippen LogP contribution in [-0.4, -0.2) is 48.7 Å². The first-order valence-electron chi connectivity index (χ1n) is 17.0. The van der Waals surface area contributed by atoms with Gasteiger partial charge in [-0.05, 0) is 41.5 Å². The fourth-order valence-corrected chi connectivity index (χ4v) is 4.87. The van der Waals surface area contributed by atoms with Gasteiger partial charge in [0, 0.05) is 6.54 Å². The molecule has 2 atom stereocenters. The van der Waals surface area contributed by atoms with E-state index in [2.05, 4.69) is 16.0 Å². The molecule has 0 aromatic heterocycles. The highest BCUT2D eigenvalue weighted by Crippen LogP contribution is 2.10. The first kappa shape index (κ1) is 38.6. The van der Waals surface area contributed by atoms with Gasteiger partial charge in [0.2, 0.25) is 5.91 Å². The third-order valence-corrected chi connectivity index (χ3v) is 7.66. The van der Waals surface area contributed by atoms with E-state index in [4.69, 9.17) is 18.9 Å². The molecule has 0 spiro atoms. The van der Waals surface area contributed by atoms with Crippen LogP contribution in [0.1, 0.15) is 47.9 Å². The Morgan fingerprint density at radius 2 is 0.923 bits per heavy atom. The van der Waals surface area contributed by atoms with Crippen molar-refractivity contribution in [3.8, 4) is 0 Å². The number of rotatable bonds is 19. The number of carbonyl (C=O) groups is 5. The highest BCUT2D eigenvalue weighted by Gasteiger charge is 2.30. The van der Waals surface area contributed by atoms with Crippen LogP contribution in [0.15, 0.2) is 121 Å². The van der Waals surface area contributed by atoms with E-state index >= 15 is 0 Å². The van der Waals surface area contributed by atoms with Gasteiger partial charge in [-0.1, -0.05) is 121 Å². The van der Waals surface area contributed by atoms with Gasteiger partial charge in [-0.15, -0.1) is 0 Å². The van der Waals surface area contributed by atoms with Gasteiger partial charge in [0.1, 0.15) is 38.5 Å². The van der Waals surface area contributed by atoms with Crippen molar-refractivity contribution in [3.63, 3.8) is 0 Å². The van der Waals surface area contributed by atoms with Crippen LogP contribution in [-0.2, 0) is 59.8 Å². The predicted octanol–water partition coefficient (Wildman–Crippen LogP) is 5.74. The van der Waals surface area contributed by atoms with Gasteiger partial charge in [0.05, 0.1) is 6.42 Å². The summed E-state index contributed by atoms with van der Waals surface area (Å²) in [6.45, 7) is 0.239. The van der Waals surface area contributed by atoms with Gasteiger partial charge >= 0.3 is 24.1 Å². The summed E-state index contributed by atoms with van der Waals surface area (Å²) in [5.41, 5.74) is 3.06. The molecule has 0 saturated carbocycles. The number of ether oxygens (including phenoxy) is 4. The van der Waals surface area contributed by atoms with Crippen LogP contribution in [0.5, 0.6) is 0 Å². The van der Waals surface area contributed by atoms with Crippen molar-refractivity contribution < 1.29 is 42.9 Å². The Bertz CT molecular complexity index is 1690. The largest absolute Gasteiger partial charge is 0.461 e. The van der Waals surface area contributed by atoms with Crippen molar-refractivity contribution in [2.75, 3.05) is 6.54 Å². The zero-order chi connectivity index (χ0) is 36.8. The molecule has 0 bridgehead atoms. The third kappa shape index (κ3) is 14.8. The topological polar surface area (TPSA) is 158 Å². The van der Waals surface area contributed by atoms with Crippen LogP contribution in [0.4, 0.5) is 9.59 Å². The number of hydrogen-bond donors (Lipinski definition) is 3. The molecule has 4 aromatic carbocycles. The first-order valence-corrected chi connectivity index (χ1v) is 17.0. The lowest BCUT2D eigenvalue weighted by Crippen LogP contribution is -2.52. The minimum atomic E-state index is -1.41. The average molecular weight is 710 g/mol. The number of carbonyl (C=O) groups excluding carboxylic acids is 5. The molecule has 12 heteroatoms. The van der Waals surface area contributed by atoms with E-state index in [1.165, 1.54) is 0 Å². The van der Waals surface area contributed by atoms with Crippen LogP contribution in [0.3, 0.4) is 0 Å². The van der Waals surface area contributed by atoms with Crippen molar-refractivity contribution in [1.29, 1.82) is 0 Å². The molecular formula is C40H43N3O9. The number of esters is 2. The molecule has 0 heterocycles. The fraction of sp³-hybridized carbons (Fsp3) is 0.275. The fourth-order valence-electron chi connectivity index (χ4n) is 4.87. The van der Waals surface area contributed by atoms with E-state index in [1.807, 2.05) is 48.5 Å². The van der Waals surface area contributed by atoms with E-state index in [0.29, 0.717) is 18.4 Å². The maximum absolute atomic E-state index is 13.7. The average Bonchev–Trinajstić information content (AvgIpc) is 3.18. The minimum absolute atomic E-state index is 0.0231. The van der Waals surface area contributed by atoms with Crippen LogP contribution in [0.2, 0.25) is 0 Å². The second kappa shape index (κ2) is 21.8. The van der Waals surface area contributed by atoms with Gasteiger partial charge in [-0.25, -0.2) is 14.4 Å². The van der Waals surface area contributed by atoms with Crippen LogP contribution in [0, 0.1) is 0 Å². The van der Waals surface area contributed by atoms with Crippen LogP contribution < -0.4 is 16.0 Å². The summed E-state index contributed by atoms with van der Waals surface area (Å²) in [6, 6.07) is 33.7. The second-order valence-corrected chi connectivity index (χ2v) is 11.7. The van der Waals surface area contributed by atoms with Crippen molar-refractivity contribution in [1.82, 2.24) is 16.0 Å². The summed E-state index contributed by atoms with van der Waals surface area (Å²) in [4.78, 5) is 64.8. The maximum atomic E-state index is 13.7. The molecule has 12 nitrogen and oxygen atoms in total. The highest BCUT2D eigenvalue weighted by atomic mass is 16.6. The molecule has 272 valence electrons. The summed E-state index contributed by atoms with van der Waals surface area (Å²) >= 11 is 0. The van der Waals surface area contributed by atoms with Gasteiger partial charge in [0.15, 0.2) is 0 Å². The molecule has 0 aliphatic carbocycles. The van der Waals surface area contributed by atoms with E-state index in [0.717, 1.165) is 16.7 Å². The Balaban J connectivity index is 1.36. The van der Waals surface area contributed by atoms with E-state index in [1.54, 1.807) is 72.8 Å². The number of unbranched alkanes of at least 4 members (excludes halogenated alkanes) is 1. The maximum Gasteiger partial charge on any atom is 0.408 e. The van der Waals surface area contributed by atoms with E-state index < -0.39 is 48.5 Å². The molecule has 3 N–H and O–H groups in total. The zero-order valence-corrected chi connectivity index (χ0v) is 28.7. The Morgan fingerprint density at radius 3 is 1.42 bits per heavy atom. The lowest BCUT2D eigenvalue weighted by molar-refractivity contribution is -0.155. The van der Waals surface area contributed by atoms with Gasteiger partial charge in [-0.3, -0.25) is 9.59 Å². The molecule has 4 aromatic rings. The Labute approximate surface area is 302 Å². The summed E-state index contributed by atoms with van der Waals surface area (Å²) < 4.78 is 21.4. The molecule has 0 radical (unpaired) electrons. The number of amides is 3. The summed E-state index contributed by atoms with van der Waals surface area (Å²) in [5.74, 6) is -2.32. The highest BCUT2D eigenvalue weighted by molar-refractivity contribution is 5.91. The Kier molecular flexibility index (Phi) is 16.2. The molecule has 0 aliphatic heterocycles. The van der Waals surface area contributed by atoms with Gasteiger partial charge < -0.3 is 34.9 Å². The van der Waals surface area contributed by atoms with Gasteiger partial charge in [0.25, 0.3) is 0 Å². The lowest BCUT2D eigenvalue weighted by Gasteiger charge is -2.22. The summed E-state index contributed by atoms with van der Waals surface area (Å²) in [5, 5.41) is 7.82. The number of alkyl carbamates (subject to hydrolysis) is 2. The number of benzene rings is 4.